The summed E-state index contributed by atoms with van der Waals surface area (Å²) in [5.41, 5.74) is 0.365. The summed E-state index contributed by atoms with van der Waals surface area (Å²) in [5, 5.41) is 11.4. The van der Waals surface area contributed by atoms with Crippen molar-refractivity contribution >= 4 is 18.0 Å². The molecule has 2 N–H and O–H groups in total. The molecular formula is C15H17FN2O3. The summed E-state index contributed by atoms with van der Waals surface area (Å²) in [5.74, 6) is -2.09. The van der Waals surface area contributed by atoms with Gasteiger partial charge in [-0.15, -0.1) is 0 Å². The highest BCUT2D eigenvalue weighted by molar-refractivity contribution is 5.94. The van der Waals surface area contributed by atoms with Crippen LogP contribution in [0.1, 0.15) is 22.3 Å². The topological polar surface area (TPSA) is 69.6 Å². The Bertz CT molecular complexity index is 586. The Labute approximate surface area is 122 Å². The smallest absolute Gasteiger partial charge is 0.328 e. The third-order valence-corrected chi connectivity index (χ3v) is 3.39. The molecule has 112 valence electrons. The van der Waals surface area contributed by atoms with Gasteiger partial charge in [0.2, 0.25) is 0 Å². The molecule has 1 amide bonds. The van der Waals surface area contributed by atoms with Crippen molar-refractivity contribution in [3.63, 3.8) is 0 Å². The number of nitrogens with zero attached hydrogens (tertiary/aromatic N) is 1. The summed E-state index contributed by atoms with van der Waals surface area (Å²) in [6.07, 6.45) is 2.89. The van der Waals surface area contributed by atoms with Crippen LogP contribution < -0.4 is 5.32 Å². The second-order valence-corrected chi connectivity index (χ2v) is 5.13. The first-order valence-electron chi connectivity index (χ1n) is 6.65. The average Bonchev–Trinajstić information content (AvgIpc) is 2.82. The Morgan fingerprint density at radius 1 is 1.48 bits per heavy atom. The number of amides is 1. The molecule has 21 heavy (non-hydrogen) atoms. The minimum atomic E-state index is -1.15. The maximum atomic E-state index is 13.8. The van der Waals surface area contributed by atoms with E-state index < -0.39 is 11.8 Å². The molecule has 1 fully saturated rings. The monoisotopic (exact) mass is 292 g/mol. The van der Waals surface area contributed by atoms with E-state index in [1.54, 1.807) is 0 Å². The minimum absolute atomic E-state index is 0.0807. The molecular weight excluding hydrogens is 275 g/mol. The van der Waals surface area contributed by atoms with Crippen LogP contribution >= 0.6 is 0 Å². The minimum Gasteiger partial charge on any atom is -0.478 e. The van der Waals surface area contributed by atoms with E-state index in [-0.39, 0.29) is 23.1 Å². The quantitative estimate of drug-likeness (QED) is 0.822. The Morgan fingerprint density at radius 3 is 2.81 bits per heavy atom. The summed E-state index contributed by atoms with van der Waals surface area (Å²) in [4.78, 5) is 24.5. The first-order chi connectivity index (χ1) is 9.95. The second kappa shape index (κ2) is 6.49. The van der Waals surface area contributed by atoms with Crippen LogP contribution in [-0.4, -0.2) is 48.1 Å². The predicted octanol–water partition coefficient (Wildman–Crippen LogP) is 1.36. The summed E-state index contributed by atoms with van der Waals surface area (Å²) >= 11 is 0. The molecule has 1 aliphatic heterocycles. The fourth-order valence-corrected chi connectivity index (χ4v) is 2.29. The molecule has 1 atom stereocenters. The number of carbonyl (C=O) groups is 2. The highest BCUT2D eigenvalue weighted by Crippen LogP contribution is 2.13. The number of hydrogen-bond acceptors (Lipinski definition) is 3. The molecule has 1 aromatic rings. The maximum Gasteiger partial charge on any atom is 0.328 e. The van der Waals surface area contributed by atoms with E-state index in [9.17, 15) is 14.0 Å². The van der Waals surface area contributed by atoms with Gasteiger partial charge >= 0.3 is 5.97 Å². The van der Waals surface area contributed by atoms with Gasteiger partial charge in [0.05, 0.1) is 0 Å². The van der Waals surface area contributed by atoms with Crippen molar-refractivity contribution in [2.24, 2.45) is 0 Å². The van der Waals surface area contributed by atoms with Gasteiger partial charge in [0.25, 0.3) is 5.91 Å². The molecule has 6 heteroatoms. The fourth-order valence-electron chi connectivity index (χ4n) is 2.29. The van der Waals surface area contributed by atoms with Crippen molar-refractivity contribution in [2.75, 3.05) is 20.1 Å². The zero-order chi connectivity index (χ0) is 15.4. The van der Waals surface area contributed by atoms with Gasteiger partial charge in [-0.2, -0.15) is 0 Å². The van der Waals surface area contributed by atoms with Gasteiger partial charge in [-0.25, -0.2) is 9.18 Å². The molecule has 0 spiro atoms. The second-order valence-electron chi connectivity index (χ2n) is 5.13. The number of likely N-dealkylation sites (tertiary alicyclic amines) is 1. The molecule has 1 aromatic carbocycles. The van der Waals surface area contributed by atoms with Crippen LogP contribution in [-0.2, 0) is 4.79 Å². The molecule has 0 aromatic heterocycles. The Morgan fingerprint density at radius 2 is 2.24 bits per heavy atom. The van der Waals surface area contributed by atoms with Crippen molar-refractivity contribution in [3.05, 3.63) is 41.2 Å². The van der Waals surface area contributed by atoms with Gasteiger partial charge in [-0.1, -0.05) is 6.07 Å². The lowest BCUT2D eigenvalue weighted by atomic mass is 10.1. The lowest BCUT2D eigenvalue weighted by molar-refractivity contribution is -0.131. The molecule has 1 unspecified atom stereocenters. The van der Waals surface area contributed by atoms with Crippen LogP contribution in [0.4, 0.5) is 4.39 Å². The molecule has 5 nitrogen and oxygen atoms in total. The largest absolute Gasteiger partial charge is 0.478 e. The fraction of sp³-hybridized carbons (Fsp3) is 0.333. The van der Waals surface area contributed by atoms with E-state index in [4.69, 9.17) is 5.11 Å². The number of aliphatic carboxylic acids is 1. The molecule has 1 heterocycles. The lowest BCUT2D eigenvalue weighted by Crippen LogP contribution is -2.36. The average molecular weight is 292 g/mol. The van der Waals surface area contributed by atoms with Crippen molar-refractivity contribution in [1.82, 2.24) is 10.2 Å². The molecule has 0 saturated carbocycles. The van der Waals surface area contributed by atoms with E-state index in [2.05, 4.69) is 10.2 Å². The number of carboxylic acids is 1. The Kier molecular flexibility index (Phi) is 4.70. The van der Waals surface area contributed by atoms with E-state index >= 15 is 0 Å². The molecule has 0 bridgehead atoms. The van der Waals surface area contributed by atoms with Gasteiger partial charge in [-0.3, -0.25) is 4.79 Å². The van der Waals surface area contributed by atoms with E-state index in [1.165, 1.54) is 12.1 Å². The van der Waals surface area contributed by atoms with Crippen molar-refractivity contribution in [1.29, 1.82) is 0 Å². The normalized spacial score (nSPS) is 19.0. The van der Waals surface area contributed by atoms with Gasteiger partial charge < -0.3 is 15.3 Å². The third kappa shape index (κ3) is 4.13. The lowest BCUT2D eigenvalue weighted by Gasteiger charge is -2.13. The highest BCUT2D eigenvalue weighted by atomic mass is 19.1. The molecule has 1 aliphatic rings. The predicted molar refractivity (Wildman–Crippen MR) is 76.4 cm³/mol. The number of carboxylic acid groups (broad SMARTS) is 1. The van der Waals surface area contributed by atoms with Crippen LogP contribution in [0.25, 0.3) is 6.08 Å². The number of rotatable bonds is 4. The van der Waals surface area contributed by atoms with E-state index in [0.717, 1.165) is 37.7 Å². The summed E-state index contributed by atoms with van der Waals surface area (Å²) in [7, 11) is 1.98. The van der Waals surface area contributed by atoms with Gasteiger partial charge in [0.15, 0.2) is 0 Å². The highest BCUT2D eigenvalue weighted by Gasteiger charge is 2.21. The SMILES string of the molecule is CN1CCC(NC(=O)c2ccc(C=CC(=O)O)c(F)c2)C1. The van der Waals surface area contributed by atoms with Crippen molar-refractivity contribution < 1.29 is 19.1 Å². The van der Waals surface area contributed by atoms with Gasteiger partial charge in [0.1, 0.15) is 5.82 Å². The number of likely N-dealkylation sites (N-methyl/N-ethyl adjacent to an activating group) is 1. The van der Waals surface area contributed by atoms with E-state index in [0.29, 0.717) is 0 Å². The van der Waals surface area contributed by atoms with Crippen LogP contribution in [0.5, 0.6) is 0 Å². The van der Waals surface area contributed by atoms with Gasteiger partial charge in [-0.05, 0) is 38.2 Å². The first kappa shape index (κ1) is 15.2. The zero-order valence-electron chi connectivity index (χ0n) is 11.7. The molecule has 1 saturated heterocycles. The number of carbonyl (C=O) groups excluding carboxylic acids is 1. The van der Waals surface area contributed by atoms with E-state index in [1.807, 2.05) is 7.05 Å². The summed E-state index contributed by atoms with van der Waals surface area (Å²) < 4.78 is 13.8. The van der Waals surface area contributed by atoms with Crippen LogP contribution in [0.15, 0.2) is 24.3 Å². The Hall–Kier alpha value is -2.21. The summed E-state index contributed by atoms with van der Waals surface area (Å²) in [6, 6.07) is 4.08. The molecule has 0 radical (unpaired) electrons. The summed E-state index contributed by atoms with van der Waals surface area (Å²) in [6.45, 7) is 1.71. The number of hydrogen-bond donors (Lipinski definition) is 2. The maximum absolute atomic E-state index is 13.8. The van der Waals surface area contributed by atoms with Crippen LogP contribution in [0, 0.1) is 5.82 Å². The third-order valence-electron chi connectivity index (χ3n) is 3.39. The number of benzene rings is 1. The van der Waals surface area contributed by atoms with Crippen molar-refractivity contribution in [3.8, 4) is 0 Å². The Balaban J connectivity index is 2.05. The number of nitrogens with one attached hydrogen (secondary N) is 1. The van der Waals surface area contributed by atoms with Crippen molar-refractivity contribution in [2.45, 2.75) is 12.5 Å². The van der Waals surface area contributed by atoms with Gasteiger partial charge in [0, 0.05) is 29.8 Å². The molecule has 2 rings (SSSR count). The van der Waals surface area contributed by atoms with Crippen LogP contribution in [0.3, 0.4) is 0 Å². The molecule has 0 aliphatic carbocycles. The number of halogens is 1. The standard InChI is InChI=1S/C15H17FN2O3/c1-18-7-6-12(9-18)17-15(21)11-3-2-10(13(16)8-11)4-5-14(19)20/h2-5,8,12H,6-7,9H2,1H3,(H,17,21)(H,19,20). The zero-order valence-corrected chi connectivity index (χ0v) is 11.7. The first-order valence-corrected chi connectivity index (χ1v) is 6.65. The van der Waals surface area contributed by atoms with Crippen LogP contribution in [0.2, 0.25) is 0 Å².